The average molecular weight is 321 g/mol. The number of hydrogen-bond donors (Lipinski definition) is 1. The molecule has 0 saturated carbocycles. The van der Waals surface area contributed by atoms with Crippen LogP contribution in [0.5, 0.6) is 5.75 Å². The highest BCUT2D eigenvalue weighted by Crippen LogP contribution is 2.24. The monoisotopic (exact) mass is 321 g/mol. The zero-order chi connectivity index (χ0) is 17.0. The van der Waals surface area contributed by atoms with Crippen molar-refractivity contribution in [2.24, 2.45) is 0 Å². The van der Waals surface area contributed by atoms with Gasteiger partial charge in [-0.05, 0) is 38.0 Å². The maximum Gasteiger partial charge on any atom is 0.305 e. The molecule has 1 aliphatic rings. The topological polar surface area (TPSA) is 76.1 Å². The number of likely N-dealkylation sites (tertiary alicyclic amines) is 1. The summed E-state index contributed by atoms with van der Waals surface area (Å²) in [6.07, 6.45) is -0.354. The van der Waals surface area contributed by atoms with Gasteiger partial charge in [-0.3, -0.25) is 9.59 Å². The lowest BCUT2D eigenvalue weighted by Gasteiger charge is -2.26. The number of rotatable bonds is 6. The number of nitrogens with zero attached hydrogens (tertiary/aromatic N) is 1. The number of carboxylic acid groups (broad SMARTS) is 1. The van der Waals surface area contributed by atoms with Crippen molar-refractivity contribution in [1.82, 2.24) is 4.90 Å². The number of ether oxygens (including phenoxy) is 2. The number of carbonyl (C=O) groups is 2. The molecule has 3 atom stereocenters. The molecular weight excluding hydrogens is 298 g/mol. The van der Waals surface area contributed by atoms with E-state index in [0.717, 1.165) is 5.56 Å². The molecule has 6 heteroatoms. The minimum Gasteiger partial charge on any atom is -0.481 e. The van der Waals surface area contributed by atoms with E-state index in [1.807, 2.05) is 25.1 Å². The van der Waals surface area contributed by atoms with Gasteiger partial charge >= 0.3 is 5.97 Å². The molecule has 0 aromatic heterocycles. The summed E-state index contributed by atoms with van der Waals surface area (Å²) >= 11 is 0. The quantitative estimate of drug-likeness (QED) is 0.865. The Labute approximate surface area is 136 Å². The van der Waals surface area contributed by atoms with Crippen LogP contribution in [0.15, 0.2) is 24.3 Å². The molecule has 0 bridgehead atoms. The maximum atomic E-state index is 12.6. The van der Waals surface area contributed by atoms with Gasteiger partial charge in [-0.2, -0.15) is 0 Å². The Balaban J connectivity index is 2.05. The Hall–Kier alpha value is -2.08. The van der Waals surface area contributed by atoms with Crippen LogP contribution in [0.1, 0.15) is 25.3 Å². The van der Waals surface area contributed by atoms with E-state index < -0.39 is 12.1 Å². The van der Waals surface area contributed by atoms with Gasteiger partial charge in [0.1, 0.15) is 5.75 Å². The second-order valence-corrected chi connectivity index (χ2v) is 5.91. The first-order chi connectivity index (χ1) is 10.9. The lowest BCUT2D eigenvalue weighted by molar-refractivity contribution is -0.142. The summed E-state index contributed by atoms with van der Waals surface area (Å²) < 4.78 is 11.0. The first kappa shape index (κ1) is 17.3. The van der Waals surface area contributed by atoms with Crippen LogP contribution in [0.25, 0.3) is 0 Å². The molecule has 0 aliphatic carbocycles. The third kappa shape index (κ3) is 4.45. The largest absolute Gasteiger partial charge is 0.481 e. The molecule has 1 saturated heterocycles. The molecule has 6 nitrogen and oxygen atoms in total. The van der Waals surface area contributed by atoms with Crippen molar-refractivity contribution in [2.45, 2.75) is 44.9 Å². The number of hydrogen-bond acceptors (Lipinski definition) is 4. The van der Waals surface area contributed by atoms with Crippen molar-refractivity contribution < 1.29 is 24.2 Å². The van der Waals surface area contributed by atoms with E-state index in [-0.39, 0.29) is 24.5 Å². The molecule has 1 heterocycles. The summed E-state index contributed by atoms with van der Waals surface area (Å²) in [4.78, 5) is 25.2. The molecule has 1 fully saturated rings. The highest BCUT2D eigenvalue weighted by molar-refractivity contribution is 5.82. The molecule has 23 heavy (non-hydrogen) atoms. The summed E-state index contributed by atoms with van der Waals surface area (Å²) in [7, 11) is 1.57. The van der Waals surface area contributed by atoms with E-state index in [0.29, 0.717) is 18.7 Å². The van der Waals surface area contributed by atoms with Gasteiger partial charge in [0.25, 0.3) is 5.91 Å². The predicted molar refractivity (Wildman–Crippen MR) is 84.4 cm³/mol. The van der Waals surface area contributed by atoms with Crippen molar-refractivity contribution in [1.29, 1.82) is 0 Å². The molecule has 1 aromatic rings. The number of methoxy groups -OCH3 is 1. The molecule has 3 unspecified atom stereocenters. The lowest BCUT2D eigenvalue weighted by atomic mass is 10.1. The van der Waals surface area contributed by atoms with E-state index >= 15 is 0 Å². The highest BCUT2D eigenvalue weighted by Gasteiger charge is 2.38. The smallest absolute Gasteiger partial charge is 0.305 e. The number of amides is 1. The van der Waals surface area contributed by atoms with Crippen molar-refractivity contribution in [2.75, 3.05) is 13.7 Å². The summed E-state index contributed by atoms with van der Waals surface area (Å²) in [5.74, 6) is -0.503. The fourth-order valence-electron chi connectivity index (χ4n) is 2.89. The third-order valence-corrected chi connectivity index (χ3v) is 4.05. The third-order valence-electron chi connectivity index (χ3n) is 4.05. The minimum absolute atomic E-state index is 0.0806. The van der Waals surface area contributed by atoms with E-state index in [2.05, 4.69) is 0 Å². The van der Waals surface area contributed by atoms with Crippen LogP contribution < -0.4 is 4.74 Å². The van der Waals surface area contributed by atoms with Gasteiger partial charge in [0.2, 0.25) is 0 Å². The number of carboxylic acids is 1. The van der Waals surface area contributed by atoms with E-state index in [4.69, 9.17) is 14.6 Å². The normalized spacial score (nSPS) is 22.0. The Kier molecular flexibility index (Phi) is 5.60. The summed E-state index contributed by atoms with van der Waals surface area (Å²) in [5.41, 5.74) is 1.05. The molecule has 2 rings (SSSR count). The highest BCUT2D eigenvalue weighted by atomic mass is 16.5. The molecule has 1 aromatic carbocycles. The van der Waals surface area contributed by atoms with Crippen LogP contribution in [0, 0.1) is 6.92 Å². The standard InChI is InChI=1S/C17H23NO5/c1-11-5-4-6-14(7-11)23-12(2)17(21)18-10-15(22-3)8-13(18)9-16(19)20/h4-7,12-13,15H,8-10H2,1-3H3,(H,19,20). The van der Waals surface area contributed by atoms with Gasteiger partial charge in [0.15, 0.2) is 6.10 Å². The molecular formula is C17H23NO5. The van der Waals surface area contributed by atoms with E-state index in [1.165, 1.54) is 0 Å². The summed E-state index contributed by atoms with van der Waals surface area (Å²) in [5, 5.41) is 9.03. The van der Waals surface area contributed by atoms with Gasteiger partial charge in [-0.15, -0.1) is 0 Å². The molecule has 0 spiro atoms. The molecule has 1 aliphatic heterocycles. The zero-order valence-electron chi connectivity index (χ0n) is 13.7. The van der Waals surface area contributed by atoms with E-state index in [9.17, 15) is 9.59 Å². The van der Waals surface area contributed by atoms with Gasteiger partial charge < -0.3 is 19.5 Å². The van der Waals surface area contributed by atoms with Gasteiger partial charge in [-0.1, -0.05) is 12.1 Å². The van der Waals surface area contributed by atoms with Crippen LogP contribution in [-0.4, -0.2) is 53.8 Å². The van der Waals surface area contributed by atoms with Crippen LogP contribution >= 0.6 is 0 Å². The number of carbonyl (C=O) groups excluding carboxylic acids is 1. The summed E-state index contributed by atoms with van der Waals surface area (Å²) in [6, 6.07) is 7.12. The van der Waals surface area contributed by atoms with Gasteiger partial charge in [0, 0.05) is 19.7 Å². The minimum atomic E-state index is -0.920. The first-order valence-corrected chi connectivity index (χ1v) is 7.69. The van der Waals surface area contributed by atoms with Gasteiger partial charge in [-0.25, -0.2) is 0 Å². The summed E-state index contributed by atoms with van der Waals surface area (Å²) in [6.45, 7) is 4.03. The Bertz CT molecular complexity index is 574. The van der Waals surface area contributed by atoms with Crippen molar-refractivity contribution in [3.8, 4) is 5.75 Å². The van der Waals surface area contributed by atoms with Crippen molar-refractivity contribution in [3.63, 3.8) is 0 Å². The van der Waals surface area contributed by atoms with Gasteiger partial charge in [0.05, 0.1) is 12.5 Å². The molecule has 1 amide bonds. The molecule has 0 radical (unpaired) electrons. The maximum absolute atomic E-state index is 12.6. The number of aliphatic carboxylic acids is 1. The second kappa shape index (κ2) is 7.46. The number of benzene rings is 1. The Morgan fingerprint density at radius 1 is 1.43 bits per heavy atom. The average Bonchev–Trinajstić information content (AvgIpc) is 2.88. The van der Waals surface area contributed by atoms with Crippen LogP contribution in [-0.2, 0) is 14.3 Å². The first-order valence-electron chi connectivity index (χ1n) is 7.69. The fraction of sp³-hybridized carbons (Fsp3) is 0.529. The zero-order valence-corrected chi connectivity index (χ0v) is 13.7. The Morgan fingerprint density at radius 2 is 2.17 bits per heavy atom. The lowest BCUT2D eigenvalue weighted by Crippen LogP contribution is -2.44. The number of aryl methyl sites for hydroxylation is 1. The molecule has 1 N–H and O–H groups in total. The Morgan fingerprint density at radius 3 is 2.78 bits per heavy atom. The second-order valence-electron chi connectivity index (χ2n) is 5.91. The predicted octanol–water partition coefficient (Wildman–Crippen LogP) is 1.85. The van der Waals surface area contributed by atoms with Crippen molar-refractivity contribution >= 4 is 11.9 Å². The molecule has 126 valence electrons. The van der Waals surface area contributed by atoms with Crippen molar-refractivity contribution in [3.05, 3.63) is 29.8 Å². The SMILES string of the molecule is COC1CC(CC(=O)O)N(C(=O)C(C)Oc2cccc(C)c2)C1. The van der Waals surface area contributed by atoms with E-state index in [1.54, 1.807) is 25.0 Å². The van der Waals surface area contributed by atoms with Crippen LogP contribution in [0.2, 0.25) is 0 Å². The van der Waals surface area contributed by atoms with Crippen LogP contribution in [0.3, 0.4) is 0 Å². The van der Waals surface area contributed by atoms with Crippen LogP contribution in [0.4, 0.5) is 0 Å². The fourth-order valence-corrected chi connectivity index (χ4v) is 2.89.